The zero-order valence-corrected chi connectivity index (χ0v) is 17.7. The summed E-state index contributed by atoms with van der Waals surface area (Å²) in [4.78, 5) is 7.12. The summed E-state index contributed by atoms with van der Waals surface area (Å²) >= 11 is 1.74. The normalized spacial score (nSPS) is 23.0. The van der Waals surface area contributed by atoms with Crippen LogP contribution in [0.3, 0.4) is 0 Å². The zero-order valence-electron chi connectivity index (χ0n) is 16.0. The highest BCUT2D eigenvalue weighted by Crippen LogP contribution is 2.30. The standard InChI is InChI=1S/C19H28N4O2S2/c1-15-7-9-22(10-8-15)27(24,25)23-13-11-21(12-14-23)16(2)19-20-17-5-3-4-6-18(17)26-19/h3-6,15-16H,7-14H2,1-2H3/t16-/m1/s1. The molecule has 0 N–H and O–H groups in total. The lowest BCUT2D eigenvalue weighted by atomic mass is 10.0. The number of para-hydroxylation sites is 1. The summed E-state index contributed by atoms with van der Waals surface area (Å²) in [5.41, 5.74) is 1.05. The van der Waals surface area contributed by atoms with Gasteiger partial charge in [-0.05, 0) is 37.8 Å². The molecule has 2 saturated heterocycles. The molecular weight excluding hydrogens is 380 g/mol. The Morgan fingerprint density at radius 2 is 1.67 bits per heavy atom. The maximum Gasteiger partial charge on any atom is 0.282 e. The summed E-state index contributed by atoms with van der Waals surface area (Å²) in [5, 5.41) is 1.11. The largest absolute Gasteiger partial charge is 0.292 e. The smallest absolute Gasteiger partial charge is 0.282 e. The molecule has 2 aliphatic rings. The number of nitrogens with zero attached hydrogens (tertiary/aromatic N) is 4. The molecule has 0 unspecified atom stereocenters. The first kappa shape index (κ1) is 19.3. The summed E-state index contributed by atoms with van der Waals surface area (Å²) in [5.74, 6) is 0.628. The van der Waals surface area contributed by atoms with Crippen molar-refractivity contribution in [2.24, 2.45) is 5.92 Å². The van der Waals surface area contributed by atoms with E-state index in [0.717, 1.165) is 36.5 Å². The number of hydrogen-bond donors (Lipinski definition) is 0. The predicted octanol–water partition coefficient (Wildman–Crippen LogP) is 2.95. The van der Waals surface area contributed by atoms with E-state index in [1.165, 1.54) is 4.70 Å². The number of hydrogen-bond acceptors (Lipinski definition) is 5. The average Bonchev–Trinajstić information content (AvgIpc) is 3.12. The molecule has 2 aliphatic heterocycles. The number of thiazole rings is 1. The van der Waals surface area contributed by atoms with Crippen molar-refractivity contribution in [3.05, 3.63) is 29.3 Å². The van der Waals surface area contributed by atoms with Gasteiger partial charge in [-0.2, -0.15) is 17.0 Å². The second kappa shape index (κ2) is 7.75. The third kappa shape index (κ3) is 3.91. The molecule has 0 spiro atoms. The molecule has 1 aromatic heterocycles. The van der Waals surface area contributed by atoms with Gasteiger partial charge < -0.3 is 0 Å². The van der Waals surface area contributed by atoms with E-state index in [2.05, 4.69) is 24.8 Å². The molecule has 8 heteroatoms. The fourth-order valence-corrected chi connectivity index (χ4v) is 6.60. The molecule has 1 aromatic carbocycles. The fourth-order valence-electron chi connectivity index (χ4n) is 3.93. The molecule has 1 atom stereocenters. The molecule has 148 valence electrons. The number of piperazine rings is 1. The molecule has 0 radical (unpaired) electrons. The van der Waals surface area contributed by atoms with Gasteiger partial charge in [-0.1, -0.05) is 19.1 Å². The van der Waals surface area contributed by atoms with Gasteiger partial charge in [-0.25, -0.2) is 4.98 Å². The van der Waals surface area contributed by atoms with Crippen LogP contribution in [0.5, 0.6) is 0 Å². The molecule has 4 rings (SSSR count). The van der Waals surface area contributed by atoms with Gasteiger partial charge in [0.15, 0.2) is 0 Å². The van der Waals surface area contributed by atoms with E-state index in [1.54, 1.807) is 19.9 Å². The Kier molecular flexibility index (Phi) is 5.53. The molecule has 0 bridgehead atoms. The lowest BCUT2D eigenvalue weighted by Gasteiger charge is -2.40. The average molecular weight is 409 g/mol. The molecule has 0 amide bonds. The van der Waals surface area contributed by atoms with Crippen LogP contribution >= 0.6 is 11.3 Å². The fraction of sp³-hybridized carbons (Fsp3) is 0.632. The molecule has 0 saturated carbocycles. The van der Waals surface area contributed by atoms with Gasteiger partial charge in [0, 0.05) is 39.3 Å². The van der Waals surface area contributed by atoms with E-state index in [1.807, 2.05) is 18.2 Å². The first-order valence-corrected chi connectivity index (χ1v) is 12.0. The molecule has 2 fully saturated rings. The topological polar surface area (TPSA) is 56.8 Å². The Labute approximate surface area is 166 Å². The van der Waals surface area contributed by atoms with Crippen LogP contribution in [0.2, 0.25) is 0 Å². The minimum Gasteiger partial charge on any atom is -0.292 e. The van der Waals surface area contributed by atoms with Gasteiger partial charge in [0.1, 0.15) is 5.01 Å². The maximum atomic E-state index is 12.9. The Bertz CT molecular complexity index is 849. The molecule has 27 heavy (non-hydrogen) atoms. The van der Waals surface area contributed by atoms with Crippen LogP contribution in [0, 0.1) is 5.92 Å². The lowest BCUT2D eigenvalue weighted by Crippen LogP contribution is -2.54. The first-order chi connectivity index (χ1) is 12.9. The van der Waals surface area contributed by atoms with Crippen LogP contribution in [-0.4, -0.2) is 66.2 Å². The van der Waals surface area contributed by atoms with Crippen molar-refractivity contribution in [1.29, 1.82) is 0 Å². The highest BCUT2D eigenvalue weighted by atomic mass is 32.2. The molecule has 3 heterocycles. The summed E-state index contributed by atoms with van der Waals surface area (Å²) in [6.07, 6.45) is 1.93. The Morgan fingerprint density at radius 3 is 2.33 bits per heavy atom. The number of benzene rings is 1. The van der Waals surface area contributed by atoms with Crippen LogP contribution in [0.25, 0.3) is 10.2 Å². The van der Waals surface area contributed by atoms with Crippen molar-refractivity contribution in [2.45, 2.75) is 32.7 Å². The number of fused-ring (bicyclic) bond motifs is 1. The molecule has 6 nitrogen and oxygen atoms in total. The Hall–Kier alpha value is -1.06. The highest BCUT2D eigenvalue weighted by molar-refractivity contribution is 7.86. The van der Waals surface area contributed by atoms with Crippen LogP contribution < -0.4 is 0 Å². The lowest BCUT2D eigenvalue weighted by molar-refractivity contribution is 0.139. The van der Waals surface area contributed by atoms with E-state index in [9.17, 15) is 8.42 Å². The van der Waals surface area contributed by atoms with Gasteiger partial charge >= 0.3 is 0 Å². The maximum absolute atomic E-state index is 12.9. The second-order valence-electron chi connectivity index (χ2n) is 7.72. The van der Waals surface area contributed by atoms with E-state index >= 15 is 0 Å². The van der Waals surface area contributed by atoms with Crippen LogP contribution in [0.4, 0.5) is 0 Å². The van der Waals surface area contributed by atoms with Gasteiger partial charge in [0.05, 0.1) is 16.3 Å². The highest BCUT2D eigenvalue weighted by Gasteiger charge is 2.35. The van der Waals surface area contributed by atoms with Crippen molar-refractivity contribution in [3.8, 4) is 0 Å². The van der Waals surface area contributed by atoms with E-state index < -0.39 is 10.2 Å². The second-order valence-corrected chi connectivity index (χ2v) is 10.7. The van der Waals surface area contributed by atoms with E-state index in [4.69, 9.17) is 4.98 Å². The monoisotopic (exact) mass is 408 g/mol. The van der Waals surface area contributed by atoms with Gasteiger partial charge in [0.25, 0.3) is 10.2 Å². The van der Waals surface area contributed by atoms with Gasteiger partial charge in [-0.15, -0.1) is 11.3 Å². The third-order valence-electron chi connectivity index (χ3n) is 5.88. The number of rotatable bonds is 4. The van der Waals surface area contributed by atoms with E-state index in [-0.39, 0.29) is 6.04 Å². The van der Waals surface area contributed by atoms with Crippen molar-refractivity contribution < 1.29 is 8.42 Å². The summed E-state index contributed by atoms with van der Waals surface area (Å²) in [6, 6.07) is 8.42. The predicted molar refractivity (Wildman–Crippen MR) is 110 cm³/mol. The van der Waals surface area contributed by atoms with Crippen LogP contribution in [0.15, 0.2) is 24.3 Å². The Morgan fingerprint density at radius 1 is 1.04 bits per heavy atom. The number of piperidine rings is 1. The minimum atomic E-state index is -3.32. The summed E-state index contributed by atoms with van der Waals surface area (Å²) in [6.45, 7) is 8.31. The number of aromatic nitrogens is 1. The quantitative estimate of drug-likeness (QED) is 0.780. The van der Waals surface area contributed by atoms with Crippen molar-refractivity contribution in [2.75, 3.05) is 39.3 Å². The first-order valence-electron chi connectivity index (χ1n) is 9.80. The van der Waals surface area contributed by atoms with E-state index in [0.29, 0.717) is 32.1 Å². The van der Waals surface area contributed by atoms with Crippen molar-refractivity contribution in [1.82, 2.24) is 18.5 Å². The van der Waals surface area contributed by atoms with Crippen molar-refractivity contribution >= 4 is 31.8 Å². The minimum absolute atomic E-state index is 0.211. The molecular formula is C19H28N4O2S2. The molecule has 0 aliphatic carbocycles. The van der Waals surface area contributed by atoms with Gasteiger partial charge in [0.2, 0.25) is 0 Å². The Balaban J connectivity index is 1.39. The third-order valence-corrected chi connectivity index (χ3v) is 9.13. The van der Waals surface area contributed by atoms with Crippen LogP contribution in [-0.2, 0) is 10.2 Å². The van der Waals surface area contributed by atoms with Gasteiger partial charge in [-0.3, -0.25) is 4.90 Å². The molecule has 2 aromatic rings. The summed E-state index contributed by atoms with van der Waals surface area (Å²) in [7, 11) is -3.32. The van der Waals surface area contributed by atoms with Crippen LogP contribution in [0.1, 0.15) is 37.7 Å². The summed E-state index contributed by atoms with van der Waals surface area (Å²) < 4.78 is 30.4. The van der Waals surface area contributed by atoms with Crippen molar-refractivity contribution in [3.63, 3.8) is 0 Å². The SMILES string of the molecule is CC1CCN(S(=O)(=O)N2CCN([C@H](C)c3nc4ccccc4s3)CC2)CC1. The zero-order chi connectivity index (χ0) is 19.0.